The van der Waals surface area contributed by atoms with Crippen molar-refractivity contribution in [3.63, 3.8) is 0 Å². The van der Waals surface area contributed by atoms with Crippen LogP contribution in [0.15, 0.2) is 48.8 Å². The zero-order chi connectivity index (χ0) is 21.7. The van der Waals surface area contributed by atoms with Crippen molar-refractivity contribution in [2.75, 3.05) is 17.9 Å². The smallest absolute Gasteiger partial charge is 0.355 e. The third-order valence-electron chi connectivity index (χ3n) is 4.03. The van der Waals surface area contributed by atoms with Crippen LogP contribution in [0.3, 0.4) is 0 Å². The number of carbonyl (C=O) groups excluding carboxylic acids is 1. The summed E-state index contributed by atoms with van der Waals surface area (Å²) in [5.74, 6) is -1.51. The van der Waals surface area contributed by atoms with Crippen LogP contribution in [0.25, 0.3) is 0 Å². The number of halogens is 1. The van der Waals surface area contributed by atoms with Crippen LogP contribution in [-0.4, -0.2) is 27.9 Å². The molecule has 0 aliphatic heterocycles. The number of methoxy groups -OCH3 is 1. The van der Waals surface area contributed by atoms with Crippen LogP contribution in [0.2, 0.25) is 0 Å². The lowest BCUT2D eigenvalue weighted by atomic mass is 10.2. The summed E-state index contributed by atoms with van der Waals surface area (Å²) in [6.07, 6.45) is 1.08. The Morgan fingerprint density at radius 3 is 2.60 bits per heavy atom. The molecule has 1 amide bonds. The maximum Gasteiger partial charge on any atom is 0.355 e. The highest BCUT2D eigenvalue weighted by molar-refractivity contribution is 5.95. The lowest BCUT2D eigenvalue weighted by molar-refractivity contribution is -0.383. The summed E-state index contributed by atoms with van der Waals surface area (Å²) in [4.78, 5) is 30.9. The van der Waals surface area contributed by atoms with Gasteiger partial charge < -0.3 is 10.1 Å². The molecule has 3 aromatic rings. The van der Waals surface area contributed by atoms with E-state index in [0.717, 1.165) is 18.0 Å². The molecule has 11 heteroatoms. The highest BCUT2D eigenvalue weighted by atomic mass is 19.1. The summed E-state index contributed by atoms with van der Waals surface area (Å²) < 4.78 is 19.0. The van der Waals surface area contributed by atoms with Gasteiger partial charge in [-0.2, -0.15) is 0 Å². The number of amides is 1. The standard InChI is InChI=1S/C19H17FN6O4/c1-11-7-8-15(30-2)14(9-11)23-17-16(26(28)29)18(22-10-21-17)24-25-19(27)12-5-3-4-6-13(12)20/h3-10H,1-2H3,(H,25,27)(H2,21,22,23,24). The van der Waals surface area contributed by atoms with Crippen LogP contribution in [0.5, 0.6) is 5.75 Å². The molecule has 0 bridgehead atoms. The van der Waals surface area contributed by atoms with E-state index in [-0.39, 0.29) is 17.2 Å². The fraction of sp³-hybridized carbons (Fsp3) is 0.105. The van der Waals surface area contributed by atoms with E-state index >= 15 is 0 Å². The van der Waals surface area contributed by atoms with Crippen LogP contribution >= 0.6 is 0 Å². The first-order valence-electron chi connectivity index (χ1n) is 8.62. The molecule has 0 fully saturated rings. The Bertz CT molecular complexity index is 1110. The van der Waals surface area contributed by atoms with E-state index in [2.05, 4.69) is 26.1 Å². The topological polar surface area (TPSA) is 131 Å². The summed E-state index contributed by atoms with van der Waals surface area (Å²) in [7, 11) is 1.47. The molecule has 0 atom stereocenters. The summed E-state index contributed by atoms with van der Waals surface area (Å²) in [5, 5.41) is 14.5. The van der Waals surface area contributed by atoms with Gasteiger partial charge in [0.1, 0.15) is 17.9 Å². The summed E-state index contributed by atoms with van der Waals surface area (Å²) in [6.45, 7) is 1.85. The van der Waals surface area contributed by atoms with E-state index in [0.29, 0.717) is 11.4 Å². The number of nitro groups is 1. The van der Waals surface area contributed by atoms with Crippen molar-refractivity contribution in [1.82, 2.24) is 15.4 Å². The molecule has 0 saturated carbocycles. The van der Waals surface area contributed by atoms with Crippen molar-refractivity contribution < 1.29 is 18.8 Å². The molecule has 3 rings (SSSR count). The third kappa shape index (κ3) is 4.41. The van der Waals surface area contributed by atoms with Gasteiger partial charge in [-0.25, -0.2) is 14.4 Å². The second-order valence-corrected chi connectivity index (χ2v) is 6.06. The van der Waals surface area contributed by atoms with Gasteiger partial charge in [0.2, 0.25) is 11.6 Å². The van der Waals surface area contributed by atoms with Crippen molar-refractivity contribution in [3.05, 3.63) is 75.9 Å². The SMILES string of the molecule is COc1ccc(C)cc1Nc1ncnc(NNC(=O)c2ccccc2F)c1[N+](=O)[O-]. The molecule has 0 spiro atoms. The number of ether oxygens (including phenoxy) is 1. The van der Waals surface area contributed by atoms with E-state index in [9.17, 15) is 19.3 Å². The number of hydrogen-bond donors (Lipinski definition) is 3. The molecular weight excluding hydrogens is 395 g/mol. The molecular formula is C19H17FN6O4. The van der Waals surface area contributed by atoms with Crippen LogP contribution < -0.4 is 20.9 Å². The average molecular weight is 412 g/mol. The van der Waals surface area contributed by atoms with E-state index in [4.69, 9.17) is 4.74 Å². The second-order valence-electron chi connectivity index (χ2n) is 6.06. The molecule has 0 unspecified atom stereocenters. The first kappa shape index (κ1) is 20.5. The number of aromatic nitrogens is 2. The summed E-state index contributed by atoms with van der Waals surface area (Å²) in [6, 6.07) is 10.6. The van der Waals surface area contributed by atoms with Crippen molar-refractivity contribution in [2.24, 2.45) is 0 Å². The number of anilines is 3. The van der Waals surface area contributed by atoms with Gasteiger partial charge in [-0.15, -0.1) is 0 Å². The first-order valence-corrected chi connectivity index (χ1v) is 8.62. The Morgan fingerprint density at radius 1 is 1.17 bits per heavy atom. The van der Waals surface area contributed by atoms with Crippen molar-refractivity contribution in [3.8, 4) is 5.75 Å². The number of nitrogens with zero attached hydrogens (tertiary/aromatic N) is 3. The average Bonchev–Trinajstić information content (AvgIpc) is 2.72. The fourth-order valence-corrected chi connectivity index (χ4v) is 2.61. The third-order valence-corrected chi connectivity index (χ3v) is 4.03. The van der Waals surface area contributed by atoms with Gasteiger partial charge >= 0.3 is 5.69 Å². The van der Waals surface area contributed by atoms with Crippen LogP contribution in [0.1, 0.15) is 15.9 Å². The Balaban J connectivity index is 1.88. The minimum atomic E-state index is -0.823. The van der Waals surface area contributed by atoms with Crippen molar-refractivity contribution >= 4 is 28.9 Å². The largest absolute Gasteiger partial charge is 0.495 e. The predicted molar refractivity (Wildman–Crippen MR) is 107 cm³/mol. The summed E-state index contributed by atoms with van der Waals surface area (Å²) in [5.41, 5.74) is 5.16. The van der Waals surface area contributed by atoms with Gasteiger partial charge in [0, 0.05) is 0 Å². The molecule has 10 nitrogen and oxygen atoms in total. The number of hydrogen-bond acceptors (Lipinski definition) is 8. The molecule has 0 radical (unpaired) electrons. The van der Waals surface area contributed by atoms with E-state index in [1.807, 2.05) is 13.0 Å². The Hall–Kier alpha value is -4.28. The van der Waals surface area contributed by atoms with E-state index in [1.165, 1.54) is 25.3 Å². The van der Waals surface area contributed by atoms with Gasteiger partial charge in [0.15, 0.2) is 0 Å². The quantitative estimate of drug-likeness (QED) is 0.398. The number of aryl methyl sites for hydroxylation is 1. The highest BCUT2D eigenvalue weighted by Crippen LogP contribution is 2.34. The van der Waals surface area contributed by atoms with Gasteiger partial charge in [0.05, 0.1) is 23.3 Å². The molecule has 0 aliphatic rings. The second kappa shape index (κ2) is 8.82. The van der Waals surface area contributed by atoms with Crippen LogP contribution in [0.4, 0.5) is 27.4 Å². The molecule has 0 aliphatic carbocycles. The van der Waals surface area contributed by atoms with E-state index < -0.39 is 22.3 Å². The molecule has 0 saturated heterocycles. The van der Waals surface area contributed by atoms with Crippen LogP contribution in [0, 0.1) is 22.9 Å². The predicted octanol–water partition coefficient (Wildman–Crippen LogP) is 3.34. The van der Waals surface area contributed by atoms with Gasteiger partial charge in [-0.1, -0.05) is 18.2 Å². The zero-order valence-corrected chi connectivity index (χ0v) is 16.0. The lowest BCUT2D eigenvalue weighted by Gasteiger charge is -2.13. The number of rotatable bonds is 7. The lowest BCUT2D eigenvalue weighted by Crippen LogP contribution is -2.31. The van der Waals surface area contributed by atoms with Gasteiger partial charge in [-0.05, 0) is 36.8 Å². The number of carbonyl (C=O) groups is 1. The normalized spacial score (nSPS) is 10.2. The Morgan fingerprint density at radius 2 is 1.90 bits per heavy atom. The molecule has 2 aromatic carbocycles. The highest BCUT2D eigenvalue weighted by Gasteiger charge is 2.24. The van der Waals surface area contributed by atoms with Crippen LogP contribution in [-0.2, 0) is 0 Å². The van der Waals surface area contributed by atoms with Crippen molar-refractivity contribution in [2.45, 2.75) is 6.92 Å². The minimum Gasteiger partial charge on any atom is -0.495 e. The first-order chi connectivity index (χ1) is 14.4. The number of hydrazine groups is 1. The van der Waals surface area contributed by atoms with Gasteiger partial charge in [-0.3, -0.25) is 25.8 Å². The zero-order valence-electron chi connectivity index (χ0n) is 16.0. The molecule has 1 aromatic heterocycles. The number of nitrogens with one attached hydrogen (secondary N) is 3. The molecule has 1 heterocycles. The van der Waals surface area contributed by atoms with Gasteiger partial charge in [0.25, 0.3) is 5.91 Å². The monoisotopic (exact) mass is 412 g/mol. The van der Waals surface area contributed by atoms with E-state index in [1.54, 1.807) is 12.1 Å². The molecule has 30 heavy (non-hydrogen) atoms. The Labute approximate surface area is 170 Å². The maximum absolute atomic E-state index is 13.7. The fourth-order valence-electron chi connectivity index (χ4n) is 2.61. The molecule has 3 N–H and O–H groups in total. The Kier molecular flexibility index (Phi) is 6.01. The summed E-state index contributed by atoms with van der Waals surface area (Å²) >= 11 is 0. The van der Waals surface area contributed by atoms with Crippen molar-refractivity contribution in [1.29, 1.82) is 0 Å². The maximum atomic E-state index is 13.7. The molecule has 154 valence electrons. The number of benzene rings is 2. The minimum absolute atomic E-state index is 0.124.